The van der Waals surface area contributed by atoms with E-state index in [-0.39, 0.29) is 5.97 Å². The Morgan fingerprint density at radius 1 is 1.26 bits per heavy atom. The third-order valence-electron chi connectivity index (χ3n) is 4.01. The summed E-state index contributed by atoms with van der Waals surface area (Å²) >= 11 is 5.95. The van der Waals surface area contributed by atoms with Gasteiger partial charge in [-0.1, -0.05) is 23.7 Å². The number of halogens is 1. The maximum Gasteiger partial charge on any atom is 0.331 e. The number of ether oxygens (including phenoxy) is 1. The van der Waals surface area contributed by atoms with E-state index in [0.717, 1.165) is 31.2 Å². The molecular formula is C15H18ClNO2. The van der Waals surface area contributed by atoms with Gasteiger partial charge in [0.05, 0.1) is 7.11 Å². The average molecular weight is 280 g/mol. The minimum Gasteiger partial charge on any atom is -0.467 e. The van der Waals surface area contributed by atoms with E-state index in [9.17, 15) is 4.79 Å². The first-order chi connectivity index (χ1) is 9.16. The number of carbonyl (C=O) groups excluding carboxylic acids is 1. The summed E-state index contributed by atoms with van der Waals surface area (Å²) in [5.41, 5.74) is 0.290. The lowest BCUT2D eigenvalue weighted by Gasteiger charge is -2.33. The van der Waals surface area contributed by atoms with E-state index in [1.807, 2.05) is 24.3 Å². The van der Waals surface area contributed by atoms with Crippen molar-refractivity contribution in [3.05, 3.63) is 34.9 Å². The van der Waals surface area contributed by atoms with Crippen molar-refractivity contribution >= 4 is 17.6 Å². The SMILES string of the molecule is COC(=O)C(NC1CC1)(c1ccc(Cl)cc1)C1CC1. The predicted octanol–water partition coefficient (Wildman–Crippen LogP) is 2.87. The van der Waals surface area contributed by atoms with Crippen molar-refractivity contribution in [2.24, 2.45) is 5.92 Å². The van der Waals surface area contributed by atoms with Gasteiger partial charge in [0.2, 0.25) is 0 Å². The van der Waals surface area contributed by atoms with Crippen LogP contribution in [0.2, 0.25) is 5.02 Å². The molecular weight excluding hydrogens is 262 g/mol. The van der Waals surface area contributed by atoms with Gasteiger partial charge in [0.15, 0.2) is 0 Å². The Kier molecular flexibility index (Phi) is 3.27. The van der Waals surface area contributed by atoms with E-state index in [1.165, 1.54) is 7.11 Å². The van der Waals surface area contributed by atoms with Crippen LogP contribution < -0.4 is 5.32 Å². The Morgan fingerprint density at radius 2 is 1.89 bits per heavy atom. The van der Waals surface area contributed by atoms with Gasteiger partial charge in [0, 0.05) is 11.1 Å². The van der Waals surface area contributed by atoms with Crippen LogP contribution in [0.15, 0.2) is 24.3 Å². The summed E-state index contributed by atoms with van der Waals surface area (Å²) in [6.07, 6.45) is 4.41. The fraction of sp³-hybridized carbons (Fsp3) is 0.533. The van der Waals surface area contributed by atoms with Crippen LogP contribution in [-0.4, -0.2) is 19.1 Å². The zero-order valence-electron chi connectivity index (χ0n) is 11.0. The van der Waals surface area contributed by atoms with Gasteiger partial charge in [-0.05, 0) is 49.3 Å². The normalized spacial score (nSPS) is 21.8. The summed E-state index contributed by atoms with van der Waals surface area (Å²) in [5.74, 6) is 0.158. The van der Waals surface area contributed by atoms with Crippen molar-refractivity contribution in [3.8, 4) is 0 Å². The standard InChI is InChI=1S/C15H18ClNO2/c1-19-14(18)15(10-2-3-10,17-13-8-9-13)11-4-6-12(16)7-5-11/h4-7,10,13,17H,2-3,8-9H2,1H3. The largest absolute Gasteiger partial charge is 0.467 e. The Morgan fingerprint density at radius 3 is 2.37 bits per heavy atom. The van der Waals surface area contributed by atoms with Crippen molar-refractivity contribution in [1.29, 1.82) is 0 Å². The summed E-state index contributed by atoms with van der Waals surface area (Å²) in [6.45, 7) is 0. The number of carbonyl (C=O) groups is 1. The molecule has 2 fully saturated rings. The molecule has 3 nitrogen and oxygen atoms in total. The second-order valence-corrected chi connectivity index (χ2v) is 5.94. The minimum absolute atomic E-state index is 0.177. The topological polar surface area (TPSA) is 38.3 Å². The molecule has 1 unspecified atom stereocenters. The van der Waals surface area contributed by atoms with Gasteiger partial charge in [-0.25, -0.2) is 4.79 Å². The summed E-state index contributed by atoms with van der Waals surface area (Å²) in [5, 5.41) is 4.22. The minimum atomic E-state index is -0.680. The molecule has 2 aliphatic carbocycles. The number of rotatable bonds is 5. The van der Waals surface area contributed by atoms with Crippen LogP contribution in [0.3, 0.4) is 0 Å². The van der Waals surface area contributed by atoms with Crippen LogP contribution in [0.25, 0.3) is 0 Å². The highest BCUT2D eigenvalue weighted by molar-refractivity contribution is 6.30. The molecule has 0 saturated heterocycles. The Labute approximate surface area is 118 Å². The molecule has 0 amide bonds. The maximum absolute atomic E-state index is 12.4. The highest BCUT2D eigenvalue weighted by Gasteiger charge is 2.54. The number of hydrogen-bond acceptors (Lipinski definition) is 3. The number of methoxy groups -OCH3 is 1. The van der Waals surface area contributed by atoms with Crippen molar-refractivity contribution < 1.29 is 9.53 Å². The predicted molar refractivity (Wildman–Crippen MR) is 74.0 cm³/mol. The van der Waals surface area contributed by atoms with Crippen LogP contribution >= 0.6 is 11.6 Å². The molecule has 0 spiro atoms. The first kappa shape index (κ1) is 12.9. The monoisotopic (exact) mass is 279 g/mol. The summed E-state index contributed by atoms with van der Waals surface area (Å²) in [6, 6.07) is 7.99. The van der Waals surface area contributed by atoms with E-state index in [4.69, 9.17) is 16.3 Å². The van der Waals surface area contributed by atoms with E-state index in [2.05, 4.69) is 5.32 Å². The van der Waals surface area contributed by atoms with Crippen molar-refractivity contribution in [1.82, 2.24) is 5.32 Å². The number of hydrogen-bond donors (Lipinski definition) is 1. The molecule has 1 aromatic carbocycles. The van der Waals surface area contributed by atoms with Gasteiger partial charge in [0.1, 0.15) is 5.54 Å². The number of esters is 1. The Bertz CT molecular complexity index is 479. The first-order valence-corrected chi connectivity index (χ1v) is 7.17. The van der Waals surface area contributed by atoms with E-state index in [0.29, 0.717) is 17.0 Å². The van der Waals surface area contributed by atoms with Crippen LogP contribution in [-0.2, 0) is 15.1 Å². The molecule has 19 heavy (non-hydrogen) atoms. The molecule has 4 heteroatoms. The van der Waals surface area contributed by atoms with Gasteiger partial charge in [-0.15, -0.1) is 0 Å². The summed E-state index contributed by atoms with van der Waals surface area (Å²) in [4.78, 5) is 12.4. The molecule has 2 aliphatic rings. The zero-order valence-corrected chi connectivity index (χ0v) is 11.7. The zero-order chi connectivity index (χ0) is 13.5. The molecule has 0 aromatic heterocycles. The summed E-state index contributed by atoms with van der Waals surface area (Å²) < 4.78 is 5.10. The first-order valence-electron chi connectivity index (χ1n) is 6.79. The van der Waals surface area contributed by atoms with E-state index >= 15 is 0 Å². The molecule has 1 N–H and O–H groups in total. The van der Waals surface area contributed by atoms with Crippen LogP contribution in [0.4, 0.5) is 0 Å². The number of benzene rings is 1. The fourth-order valence-electron chi connectivity index (χ4n) is 2.72. The fourth-order valence-corrected chi connectivity index (χ4v) is 2.85. The molecule has 0 radical (unpaired) electrons. The average Bonchev–Trinajstić information content (AvgIpc) is 3.28. The third kappa shape index (κ3) is 2.37. The smallest absolute Gasteiger partial charge is 0.331 e. The Balaban J connectivity index is 2.01. The molecule has 0 heterocycles. The molecule has 0 aliphatic heterocycles. The lowest BCUT2D eigenvalue weighted by atomic mass is 9.84. The lowest BCUT2D eigenvalue weighted by Crippen LogP contribution is -2.52. The van der Waals surface area contributed by atoms with Crippen LogP contribution in [0.5, 0.6) is 0 Å². The molecule has 3 rings (SSSR count). The molecule has 1 aromatic rings. The van der Waals surface area contributed by atoms with Gasteiger partial charge >= 0.3 is 5.97 Å². The van der Waals surface area contributed by atoms with Crippen LogP contribution in [0, 0.1) is 5.92 Å². The van der Waals surface area contributed by atoms with Gasteiger partial charge in [0.25, 0.3) is 0 Å². The molecule has 1 atom stereocenters. The van der Waals surface area contributed by atoms with Crippen LogP contribution in [0.1, 0.15) is 31.2 Å². The van der Waals surface area contributed by atoms with Gasteiger partial charge in [-0.2, -0.15) is 0 Å². The number of nitrogens with one attached hydrogen (secondary N) is 1. The second kappa shape index (κ2) is 4.80. The molecule has 0 bridgehead atoms. The van der Waals surface area contributed by atoms with Crippen molar-refractivity contribution in [2.45, 2.75) is 37.3 Å². The highest BCUT2D eigenvalue weighted by Crippen LogP contribution is 2.48. The van der Waals surface area contributed by atoms with Gasteiger partial charge < -0.3 is 4.74 Å². The maximum atomic E-state index is 12.4. The summed E-state index contributed by atoms with van der Waals surface area (Å²) in [7, 11) is 1.46. The molecule has 102 valence electrons. The van der Waals surface area contributed by atoms with E-state index < -0.39 is 5.54 Å². The van der Waals surface area contributed by atoms with E-state index in [1.54, 1.807) is 0 Å². The molecule has 2 saturated carbocycles. The van der Waals surface area contributed by atoms with Gasteiger partial charge in [-0.3, -0.25) is 5.32 Å². The Hall–Kier alpha value is -1.06. The van der Waals surface area contributed by atoms with Crippen molar-refractivity contribution in [2.75, 3.05) is 7.11 Å². The second-order valence-electron chi connectivity index (χ2n) is 5.50. The lowest BCUT2D eigenvalue weighted by molar-refractivity contribution is -0.150. The highest BCUT2D eigenvalue weighted by atomic mass is 35.5. The van der Waals surface area contributed by atoms with Crippen molar-refractivity contribution in [3.63, 3.8) is 0 Å². The third-order valence-corrected chi connectivity index (χ3v) is 4.26. The quantitative estimate of drug-likeness (QED) is 0.843.